The van der Waals surface area contributed by atoms with E-state index in [9.17, 15) is 10.2 Å². The van der Waals surface area contributed by atoms with Crippen molar-refractivity contribution in [2.45, 2.75) is 18.9 Å². The fraction of sp³-hybridized carbons (Fsp3) is 0.250. The van der Waals surface area contributed by atoms with Gasteiger partial charge in [-0.1, -0.05) is 23.4 Å². The van der Waals surface area contributed by atoms with Crippen molar-refractivity contribution in [1.82, 2.24) is 14.8 Å². The molecule has 0 saturated carbocycles. The van der Waals surface area contributed by atoms with E-state index in [1.54, 1.807) is 17.1 Å². The molecule has 138 valence electrons. The summed E-state index contributed by atoms with van der Waals surface area (Å²) in [6.45, 7) is -0.401. The average Bonchev–Trinajstić information content (AvgIpc) is 3.33. The lowest BCUT2D eigenvalue weighted by atomic mass is 9.98. The Balaban J connectivity index is 1.84. The predicted octanol–water partition coefficient (Wildman–Crippen LogP) is 2.26. The van der Waals surface area contributed by atoms with Gasteiger partial charge < -0.3 is 15.4 Å². The third-order valence-electron chi connectivity index (χ3n) is 4.96. The van der Waals surface area contributed by atoms with Crippen LogP contribution < -0.4 is 0 Å². The second-order valence-electron chi connectivity index (χ2n) is 6.54. The first-order valence-corrected chi connectivity index (χ1v) is 8.81. The summed E-state index contributed by atoms with van der Waals surface area (Å²) >= 11 is 0. The first-order valence-electron chi connectivity index (χ1n) is 8.81. The van der Waals surface area contributed by atoms with Gasteiger partial charge in [-0.2, -0.15) is 5.10 Å². The molecular weight excluding hydrogens is 344 g/mol. The van der Waals surface area contributed by atoms with Crippen LogP contribution >= 0.6 is 0 Å². The number of hydrogen-bond acceptors (Lipinski definition) is 6. The summed E-state index contributed by atoms with van der Waals surface area (Å²) in [7, 11) is 0. The first kappa shape index (κ1) is 17.4. The Morgan fingerprint density at radius 1 is 1.00 bits per heavy atom. The molecule has 0 aliphatic heterocycles. The molecule has 0 saturated heterocycles. The highest BCUT2D eigenvalue weighted by atomic mass is 16.4. The van der Waals surface area contributed by atoms with Gasteiger partial charge in [0.2, 0.25) is 0 Å². The van der Waals surface area contributed by atoms with E-state index in [0.29, 0.717) is 5.71 Å². The maximum atomic E-state index is 9.54. The highest BCUT2D eigenvalue weighted by molar-refractivity contribution is 6.04. The molecule has 0 radical (unpaired) electrons. The summed E-state index contributed by atoms with van der Waals surface area (Å²) in [5, 5.41) is 36.2. The number of aryl methyl sites for hydroxylation is 1. The fourth-order valence-corrected chi connectivity index (χ4v) is 3.48. The molecule has 7 nitrogen and oxygen atoms in total. The smallest absolute Gasteiger partial charge is 0.100 e. The molecule has 1 aromatic carbocycles. The number of aliphatic hydroxyl groups excluding tert-OH is 2. The number of fused-ring (bicyclic) bond motifs is 1. The molecule has 1 aliphatic carbocycles. The zero-order chi connectivity index (χ0) is 18.8. The molecule has 2 aromatic heterocycles. The minimum Gasteiger partial charge on any atom is -0.411 e. The second kappa shape index (κ2) is 7.30. The molecule has 4 rings (SSSR count). The van der Waals surface area contributed by atoms with Crippen LogP contribution in [0, 0.1) is 0 Å². The third-order valence-corrected chi connectivity index (χ3v) is 4.96. The van der Waals surface area contributed by atoms with Crippen molar-refractivity contribution in [1.29, 1.82) is 0 Å². The lowest BCUT2D eigenvalue weighted by Gasteiger charge is -2.10. The van der Waals surface area contributed by atoms with Gasteiger partial charge in [-0.05, 0) is 36.1 Å². The SMILES string of the molecule is OCC(CO)n1cc(-c2ccc3c(c2)CC/C3=N\O)c(-c2ccncc2)n1. The van der Waals surface area contributed by atoms with Gasteiger partial charge in [0, 0.05) is 35.3 Å². The zero-order valence-electron chi connectivity index (χ0n) is 14.7. The predicted molar refractivity (Wildman–Crippen MR) is 101 cm³/mol. The first-order chi connectivity index (χ1) is 13.2. The quantitative estimate of drug-likeness (QED) is 0.476. The van der Waals surface area contributed by atoms with E-state index in [1.165, 1.54) is 0 Å². The summed E-state index contributed by atoms with van der Waals surface area (Å²) in [5.41, 5.74) is 6.38. The number of nitrogens with zero attached hydrogens (tertiary/aromatic N) is 4. The Kier molecular flexibility index (Phi) is 4.70. The van der Waals surface area contributed by atoms with Gasteiger partial charge in [-0.15, -0.1) is 0 Å². The molecule has 0 unspecified atom stereocenters. The Morgan fingerprint density at radius 3 is 2.48 bits per heavy atom. The fourth-order valence-electron chi connectivity index (χ4n) is 3.48. The Bertz CT molecular complexity index is 978. The molecule has 1 aliphatic rings. The number of aliphatic hydroxyl groups is 2. The number of pyridine rings is 1. The van der Waals surface area contributed by atoms with Crippen molar-refractivity contribution in [3.63, 3.8) is 0 Å². The summed E-state index contributed by atoms with van der Waals surface area (Å²) < 4.78 is 1.61. The normalized spacial score (nSPS) is 14.9. The number of oxime groups is 1. The van der Waals surface area contributed by atoms with Crippen LogP contribution in [0.15, 0.2) is 54.1 Å². The lowest BCUT2D eigenvalue weighted by molar-refractivity contribution is 0.146. The summed E-state index contributed by atoms with van der Waals surface area (Å²) in [5.74, 6) is 0. The van der Waals surface area contributed by atoms with Gasteiger partial charge in [0.1, 0.15) is 5.69 Å². The molecule has 0 atom stereocenters. The maximum absolute atomic E-state index is 9.54. The average molecular weight is 364 g/mol. The molecular formula is C20H20N4O3. The Labute approximate surface area is 156 Å². The van der Waals surface area contributed by atoms with Crippen LogP contribution in [-0.4, -0.2) is 49.1 Å². The van der Waals surface area contributed by atoms with E-state index in [0.717, 1.165) is 46.4 Å². The van der Waals surface area contributed by atoms with E-state index >= 15 is 0 Å². The van der Waals surface area contributed by atoms with Crippen LogP contribution in [-0.2, 0) is 6.42 Å². The zero-order valence-corrected chi connectivity index (χ0v) is 14.7. The van der Waals surface area contributed by atoms with Crippen LogP contribution in [0.2, 0.25) is 0 Å². The van der Waals surface area contributed by atoms with E-state index in [-0.39, 0.29) is 13.2 Å². The third kappa shape index (κ3) is 3.11. The minimum atomic E-state index is -0.498. The van der Waals surface area contributed by atoms with Gasteiger partial charge in [-0.25, -0.2) is 0 Å². The number of hydrogen-bond donors (Lipinski definition) is 3. The van der Waals surface area contributed by atoms with Gasteiger partial charge >= 0.3 is 0 Å². The van der Waals surface area contributed by atoms with Crippen LogP contribution in [0.3, 0.4) is 0 Å². The number of rotatable bonds is 5. The monoisotopic (exact) mass is 364 g/mol. The largest absolute Gasteiger partial charge is 0.411 e. The van der Waals surface area contributed by atoms with E-state index in [4.69, 9.17) is 5.21 Å². The Hall–Kier alpha value is -3.03. The van der Waals surface area contributed by atoms with E-state index in [2.05, 4.69) is 21.3 Å². The van der Waals surface area contributed by atoms with Crippen molar-refractivity contribution in [2.75, 3.05) is 13.2 Å². The van der Waals surface area contributed by atoms with Crippen molar-refractivity contribution in [3.05, 3.63) is 60.0 Å². The van der Waals surface area contributed by atoms with Crippen molar-refractivity contribution in [2.24, 2.45) is 5.16 Å². The lowest BCUT2D eigenvalue weighted by Crippen LogP contribution is -2.17. The topological polar surface area (TPSA) is 104 Å². The van der Waals surface area contributed by atoms with E-state index in [1.807, 2.05) is 30.5 Å². The molecule has 2 heterocycles. The number of benzene rings is 1. The molecule has 0 spiro atoms. The Morgan fingerprint density at radius 2 is 1.78 bits per heavy atom. The van der Waals surface area contributed by atoms with E-state index < -0.39 is 6.04 Å². The van der Waals surface area contributed by atoms with Crippen molar-refractivity contribution >= 4 is 5.71 Å². The number of aromatic nitrogens is 3. The van der Waals surface area contributed by atoms with Crippen molar-refractivity contribution in [3.8, 4) is 22.4 Å². The molecule has 0 amide bonds. The minimum absolute atomic E-state index is 0.200. The summed E-state index contributed by atoms with van der Waals surface area (Å²) in [6, 6.07) is 9.30. The van der Waals surface area contributed by atoms with Gasteiger partial charge in [0.25, 0.3) is 0 Å². The van der Waals surface area contributed by atoms with Crippen LogP contribution in [0.25, 0.3) is 22.4 Å². The van der Waals surface area contributed by atoms with Gasteiger partial charge in [0.15, 0.2) is 0 Å². The highest BCUT2D eigenvalue weighted by Gasteiger charge is 2.22. The van der Waals surface area contributed by atoms with Crippen LogP contribution in [0.5, 0.6) is 0 Å². The van der Waals surface area contributed by atoms with Crippen LogP contribution in [0.1, 0.15) is 23.6 Å². The summed E-state index contributed by atoms with van der Waals surface area (Å²) in [4.78, 5) is 4.06. The standard InChI is InChI=1S/C20H20N4O3/c25-11-16(12-26)24-10-18(20(22-24)13-5-7-21-8-6-13)15-1-3-17-14(9-15)2-4-19(17)23-27/h1,3,5-10,16,25-27H,2,4,11-12H2/b23-19+. The molecule has 7 heteroatoms. The summed E-state index contributed by atoms with van der Waals surface area (Å²) in [6.07, 6.45) is 6.82. The second-order valence-corrected chi connectivity index (χ2v) is 6.54. The van der Waals surface area contributed by atoms with Crippen LogP contribution in [0.4, 0.5) is 0 Å². The van der Waals surface area contributed by atoms with Crippen molar-refractivity contribution < 1.29 is 15.4 Å². The highest BCUT2D eigenvalue weighted by Crippen LogP contribution is 2.34. The molecule has 3 N–H and O–H groups in total. The van der Waals surface area contributed by atoms with Gasteiger partial charge in [-0.3, -0.25) is 9.67 Å². The molecule has 0 fully saturated rings. The maximum Gasteiger partial charge on any atom is 0.100 e. The molecule has 27 heavy (non-hydrogen) atoms. The molecule has 3 aromatic rings. The van der Waals surface area contributed by atoms with Gasteiger partial charge in [0.05, 0.1) is 25.0 Å². The molecule has 0 bridgehead atoms.